The molecule has 2 atom stereocenters. The zero-order chi connectivity index (χ0) is 16.9. The fourth-order valence-electron chi connectivity index (χ4n) is 3.90. The summed E-state index contributed by atoms with van der Waals surface area (Å²) in [5.74, 6) is 0.762. The van der Waals surface area contributed by atoms with E-state index < -0.39 is 5.97 Å². The number of Topliss-reactive ketones (excluding diaryl/α,β-unsaturated/α-hetero) is 1. The molecule has 0 spiro atoms. The standard InChI is InChI=1S/C20H36O3/c1-2-3-4-5-6-10-13-18-17(15-16-19(18)21)12-9-7-8-11-14-20(22)23/h17-18H,2-16H2,1H3,(H,22,23)/t17-,18+/m0/s1. The number of rotatable bonds is 14. The third kappa shape index (κ3) is 9.12. The lowest BCUT2D eigenvalue weighted by molar-refractivity contribution is -0.137. The first-order valence-corrected chi connectivity index (χ1v) is 9.89. The molecule has 0 saturated heterocycles. The highest BCUT2D eigenvalue weighted by atomic mass is 16.4. The van der Waals surface area contributed by atoms with Gasteiger partial charge in [0.15, 0.2) is 0 Å². The van der Waals surface area contributed by atoms with E-state index >= 15 is 0 Å². The van der Waals surface area contributed by atoms with Crippen LogP contribution in [0.2, 0.25) is 0 Å². The van der Waals surface area contributed by atoms with Crippen LogP contribution in [0.1, 0.15) is 103 Å². The number of hydrogen-bond acceptors (Lipinski definition) is 2. The molecule has 1 fully saturated rings. The van der Waals surface area contributed by atoms with E-state index in [0.717, 1.165) is 44.9 Å². The fourth-order valence-corrected chi connectivity index (χ4v) is 3.90. The minimum absolute atomic E-state index is 0.294. The number of carboxylic acids is 1. The first-order valence-electron chi connectivity index (χ1n) is 9.89. The number of hydrogen-bond donors (Lipinski definition) is 1. The Morgan fingerprint density at radius 2 is 1.57 bits per heavy atom. The molecule has 0 unspecified atom stereocenters. The smallest absolute Gasteiger partial charge is 0.303 e. The van der Waals surface area contributed by atoms with Crippen LogP contribution in [0.5, 0.6) is 0 Å². The molecule has 0 aromatic heterocycles. The summed E-state index contributed by atoms with van der Waals surface area (Å²) in [4.78, 5) is 22.6. The van der Waals surface area contributed by atoms with Crippen molar-refractivity contribution in [3.63, 3.8) is 0 Å². The second-order valence-electron chi connectivity index (χ2n) is 7.27. The van der Waals surface area contributed by atoms with Crippen molar-refractivity contribution in [2.24, 2.45) is 11.8 Å². The number of unbranched alkanes of at least 4 members (excludes halogenated alkanes) is 8. The number of aliphatic carboxylic acids is 1. The molecule has 1 aliphatic rings. The Morgan fingerprint density at radius 3 is 2.26 bits per heavy atom. The molecular weight excluding hydrogens is 288 g/mol. The predicted molar refractivity (Wildman–Crippen MR) is 94.6 cm³/mol. The van der Waals surface area contributed by atoms with Gasteiger partial charge in [-0.25, -0.2) is 0 Å². The van der Waals surface area contributed by atoms with Crippen molar-refractivity contribution in [2.45, 2.75) is 103 Å². The maximum Gasteiger partial charge on any atom is 0.303 e. The highest BCUT2D eigenvalue weighted by Crippen LogP contribution is 2.36. The molecule has 1 N–H and O–H groups in total. The Kier molecular flexibility index (Phi) is 11.0. The quantitative estimate of drug-likeness (QED) is 0.413. The van der Waals surface area contributed by atoms with Crippen LogP contribution >= 0.6 is 0 Å². The normalized spacial score (nSPS) is 21.0. The van der Waals surface area contributed by atoms with Crippen LogP contribution in [-0.4, -0.2) is 16.9 Å². The van der Waals surface area contributed by atoms with Gasteiger partial charge in [0.25, 0.3) is 0 Å². The van der Waals surface area contributed by atoms with Crippen LogP contribution in [0.25, 0.3) is 0 Å². The lowest BCUT2D eigenvalue weighted by atomic mass is 9.86. The summed E-state index contributed by atoms with van der Waals surface area (Å²) in [5.41, 5.74) is 0. The van der Waals surface area contributed by atoms with Crippen molar-refractivity contribution in [1.29, 1.82) is 0 Å². The van der Waals surface area contributed by atoms with Crippen molar-refractivity contribution in [2.75, 3.05) is 0 Å². The Balaban J connectivity index is 2.11. The Bertz CT molecular complexity index is 338. The van der Waals surface area contributed by atoms with Gasteiger partial charge in [-0.1, -0.05) is 64.7 Å². The van der Waals surface area contributed by atoms with Crippen LogP contribution in [0.4, 0.5) is 0 Å². The number of ketones is 1. The van der Waals surface area contributed by atoms with Gasteiger partial charge in [0.2, 0.25) is 0 Å². The van der Waals surface area contributed by atoms with Crippen molar-refractivity contribution in [3.05, 3.63) is 0 Å². The van der Waals surface area contributed by atoms with Gasteiger partial charge >= 0.3 is 5.97 Å². The Labute approximate surface area is 142 Å². The van der Waals surface area contributed by atoms with Gasteiger partial charge in [0.05, 0.1) is 0 Å². The van der Waals surface area contributed by atoms with Crippen LogP contribution in [0.15, 0.2) is 0 Å². The maximum atomic E-state index is 12.1. The van der Waals surface area contributed by atoms with Gasteiger partial charge in [0, 0.05) is 18.8 Å². The largest absolute Gasteiger partial charge is 0.481 e. The summed E-state index contributed by atoms with van der Waals surface area (Å²) in [5, 5.41) is 8.62. The molecule has 0 bridgehead atoms. The molecule has 0 amide bonds. The van der Waals surface area contributed by atoms with E-state index in [1.54, 1.807) is 0 Å². The molecule has 1 aliphatic carbocycles. The molecule has 0 radical (unpaired) electrons. The molecule has 0 heterocycles. The maximum absolute atomic E-state index is 12.1. The summed E-state index contributed by atoms with van der Waals surface area (Å²) in [6.07, 6.45) is 16.3. The predicted octanol–water partition coefficient (Wildman–Crippen LogP) is 5.76. The van der Waals surface area contributed by atoms with Crippen LogP contribution in [0.3, 0.4) is 0 Å². The van der Waals surface area contributed by atoms with Crippen molar-refractivity contribution in [3.8, 4) is 0 Å². The molecule has 3 nitrogen and oxygen atoms in total. The van der Waals surface area contributed by atoms with Crippen LogP contribution in [-0.2, 0) is 9.59 Å². The first kappa shape index (κ1) is 20.2. The second kappa shape index (κ2) is 12.5. The van der Waals surface area contributed by atoms with Crippen molar-refractivity contribution < 1.29 is 14.7 Å². The summed E-state index contributed by atoms with van der Waals surface area (Å²) in [7, 11) is 0. The minimum Gasteiger partial charge on any atom is -0.481 e. The van der Waals surface area contributed by atoms with Crippen LogP contribution < -0.4 is 0 Å². The lowest BCUT2D eigenvalue weighted by Gasteiger charge is -2.18. The van der Waals surface area contributed by atoms with E-state index in [0.29, 0.717) is 24.0 Å². The van der Waals surface area contributed by atoms with Gasteiger partial charge < -0.3 is 5.11 Å². The summed E-state index contributed by atoms with van der Waals surface area (Å²) < 4.78 is 0. The molecule has 1 saturated carbocycles. The monoisotopic (exact) mass is 324 g/mol. The SMILES string of the molecule is CCCCCCCC[C@H]1C(=O)CC[C@@H]1CCCCCCC(=O)O. The number of carbonyl (C=O) groups excluding carboxylic acids is 1. The van der Waals surface area contributed by atoms with E-state index in [1.165, 1.54) is 44.9 Å². The molecular formula is C20H36O3. The lowest BCUT2D eigenvalue weighted by Crippen LogP contribution is -2.15. The van der Waals surface area contributed by atoms with E-state index in [2.05, 4.69) is 6.92 Å². The van der Waals surface area contributed by atoms with Gasteiger partial charge in [-0.05, 0) is 31.6 Å². The Morgan fingerprint density at radius 1 is 0.957 bits per heavy atom. The fraction of sp³-hybridized carbons (Fsp3) is 0.900. The number of carboxylic acid groups (broad SMARTS) is 1. The molecule has 23 heavy (non-hydrogen) atoms. The molecule has 3 heteroatoms. The van der Waals surface area contributed by atoms with Crippen LogP contribution in [0, 0.1) is 11.8 Å². The average Bonchev–Trinajstić information content (AvgIpc) is 2.86. The molecule has 0 aromatic carbocycles. The minimum atomic E-state index is -0.689. The zero-order valence-electron chi connectivity index (χ0n) is 15.0. The molecule has 0 aliphatic heterocycles. The van der Waals surface area contributed by atoms with E-state index in [4.69, 9.17) is 5.11 Å². The first-order chi connectivity index (χ1) is 11.1. The average molecular weight is 325 g/mol. The molecule has 1 rings (SSSR count). The van der Waals surface area contributed by atoms with E-state index in [1.807, 2.05) is 0 Å². The summed E-state index contributed by atoms with van der Waals surface area (Å²) >= 11 is 0. The zero-order valence-corrected chi connectivity index (χ0v) is 15.0. The third-order valence-corrected chi connectivity index (χ3v) is 5.33. The van der Waals surface area contributed by atoms with E-state index in [-0.39, 0.29) is 0 Å². The summed E-state index contributed by atoms with van der Waals surface area (Å²) in [6, 6.07) is 0. The highest BCUT2D eigenvalue weighted by molar-refractivity contribution is 5.83. The van der Waals surface area contributed by atoms with Gasteiger partial charge in [-0.2, -0.15) is 0 Å². The van der Waals surface area contributed by atoms with Crippen molar-refractivity contribution in [1.82, 2.24) is 0 Å². The molecule has 134 valence electrons. The number of carbonyl (C=O) groups is 2. The topological polar surface area (TPSA) is 54.4 Å². The van der Waals surface area contributed by atoms with Crippen molar-refractivity contribution >= 4 is 11.8 Å². The van der Waals surface area contributed by atoms with E-state index in [9.17, 15) is 9.59 Å². The highest BCUT2D eigenvalue weighted by Gasteiger charge is 2.33. The van der Waals surface area contributed by atoms with Gasteiger partial charge in [-0.3, -0.25) is 9.59 Å². The third-order valence-electron chi connectivity index (χ3n) is 5.33. The Hall–Kier alpha value is -0.860. The summed E-state index contributed by atoms with van der Waals surface area (Å²) in [6.45, 7) is 2.24. The van der Waals surface area contributed by atoms with Gasteiger partial charge in [0.1, 0.15) is 5.78 Å². The second-order valence-corrected chi connectivity index (χ2v) is 7.27. The van der Waals surface area contributed by atoms with Gasteiger partial charge in [-0.15, -0.1) is 0 Å². The molecule has 0 aromatic rings.